The zero-order chi connectivity index (χ0) is 19.3. The van der Waals surface area contributed by atoms with Gasteiger partial charge in [0.05, 0.1) is 11.6 Å². The van der Waals surface area contributed by atoms with Gasteiger partial charge in [-0.2, -0.15) is 15.2 Å². The lowest BCUT2D eigenvalue weighted by molar-refractivity contribution is 0.1000. The quantitative estimate of drug-likeness (QED) is 0.369. The number of halogens is 1. The Kier molecular flexibility index (Phi) is 5.95. The minimum atomic E-state index is -3.68. The second-order valence-electron chi connectivity index (χ2n) is 4.97. The molecule has 0 aliphatic carbocycles. The number of benzene rings is 1. The number of nitrogens with one attached hydrogen (secondary N) is 2. The lowest BCUT2D eigenvalue weighted by Gasteiger charge is -2.10. The molecule has 136 valence electrons. The van der Waals surface area contributed by atoms with E-state index in [-0.39, 0.29) is 17.9 Å². The highest BCUT2D eigenvalue weighted by Crippen LogP contribution is 2.30. The monoisotopic (exact) mass is 395 g/mol. The van der Waals surface area contributed by atoms with Crippen molar-refractivity contribution in [3.8, 4) is 0 Å². The van der Waals surface area contributed by atoms with Crippen LogP contribution in [0, 0.1) is 5.41 Å². The molecule has 0 unspecified atom stereocenters. The predicted molar refractivity (Wildman–Crippen MR) is 96.6 cm³/mol. The van der Waals surface area contributed by atoms with Crippen molar-refractivity contribution in [2.45, 2.75) is 5.16 Å². The van der Waals surface area contributed by atoms with E-state index in [4.69, 9.17) is 22.7 Å². The Morgan fingerprint density at radius 3 is 2.81 bits per heavy atom. The van der Waals surface area contributed by atoms with Crippen LogP contribution in [0.15, 0.2) is 39.8 Å². The standard InChI is InChI=1S/C14H14ClN7O3S/c1-26(24,25)14-18-7-9(12(17)23)13(21-14)20-8-2-3-10(15)11(6-8)22-19-5-4-16/h2-4,6-7,16H,5H2,1H3,(H2,17,23)(H,18,20,21). The largest absolute Gasteiger partial charge is 0.365 e. The smallest absolute Gasteiger partial charge is 0.254 e. The molecule has 1 aromatic heterocycles. The first-order valence-electron chi connectivity index (χ1n) is 7.02. The van der Waals surface area contributed by atoms with Crippen LogP contribution in [-0.4, -0.2) is 43.3 Å². The van der Waals surface area contributed by atoms with Gasteiger partial charge in [0.2, 0.25) is 15.0 Å². The topological polar surface area (TPSA) is 164 Å². The molecule has 1 amide bonds. The van der Waals surface area contributed by atoms with Gasteiger partial charge >= 0.3 is 0 Å². The van der Waals surface area contributed by atoms with Gasteiger partial charge in [-0.25, -0.2) is 13.4 Å². The van der Waals surface area contributed by atoms with Crippen LogP contribution in [0.25, 0.3) is 0 Å². The zero-order valence-electron chi connectivity index (χ0n) is 13.5. The molecule has 1 aromatic carbocycles. The number of nitrogens with two attached hydrogens (primary N) is 1. The lowest BCUT2D eigenvalue weighted by Crippen LogP contribution is -2.17. The lowest BCUT2D eigenvalue weighted by atomic mass is 10.2. The average Bonchev–Trinajstić information content (AvgIpc) is 2.56. The predicted octanol–water partition coefficient (Wildman–Crippen LogP) is 2.11. The first kappa shape index (κ1) is 19.4. The van der Waals surface area contributed by atoms with E-state index in [1.54, 1.807) is 6.07 Å². The number of primary amides is 1. The Hall–Kier alpha value is -2.92. The number of azo groups is 1. The van der Waals surface area contributed by atoms with Crippen LogP contribution in [0.2, 0.25) is 5.02 Å². The average molecular weight is 396 g/mol. The van der Waals surface area contributed by atoms with Crippen LogP contribution < -0.4 is 11.1 Å². The van der Waals surface area contributed by atoms with Gasteiger partial charge in [-0.1, -0.05) is 11.6 Å². The summed E-state index contributed by atoms with van der Waals surface area (Å²) < 4.78 is 23.3. The van der Waals surface area contributed by atoms with E-state index in [0.29, 0.717) is 16.4 Å². The van der Waals surface area contributed by atoms with Gasteiger partial charge in [-0.3, -0.25) is 4.79 Å². The molecule has 0 saturated carbocycles. The van der Waals surface area contributed by atoms with Gasteiger partial charge < -0.3 is 16.5 Å². The normalized spacial score (nSPS) is 11.5. The third-order valence-electron chi connectivity index (χ3n) is 2.92. The summed E-state index contributed by atoms with van der Waals surface area (Å²) in [6.45, 7) is 0.101. The maximum atomic E-state index is 11.6. The summed E-state index contributed by atoms with van der Waals surface area (Å²) in [5.74, 6) is -0.898. The highest BCUT2D eigenvalue weighted by molar-refractivity contribution is 7.90. The number of hydrogen-bond donors (Lipinski definition) is 3. The molecule has 0 fully saturated rings. The third-order valence-corrected chi connectivity index (χ3v) is 4.10. The fourth-order valence-electron chi connectivity index (χ4n) is 1.78. The highest BCUT2D eigenvalue weighted by Gasteiger charge is 2.18. The number of amides is 1. The molecule has 12 heteroatoms. The molecule has 0 aliphatic rings. The molecular formula is C14H14ClN7O3S. The van der Waals surface area contributed by atoms with Gasteiger partial charge in [0, 0.05) is 24.4 Å². The van der Waals surface area contributed by atoms with Crippen molar-refractivity contribution in [3.63, 3.8) is 0 Å². The Balaban J connectivity index is 2.45. The van der Waals surface area contributed by atoms with E-state index in [9.17, 15) is 13.2 Å². The summed E-state index contributed by atoms with van der Waals surface area (Å²) in [7, 11) is -3.68. The van der Waals surface area contributed by atoms with E-state index in [2.05, 4.69) is 25.5 Å². The number of rotatable bonds is 7. The van der Waals surface area contributed by atoms with Crippen molar-refractivity contribution < 1.29 is 13.2 Å². The molecule has 0 radical (unpaired) electrons. The summed E-state index contributed by atoms with van der Waals surface area (Å²) in [5.41, 5.74) is 5.93. The van der Waals surface area contributed by atoms with Crippen LogP contribution in [0.1, 0.15) is 10.4 Å². The molecule has 0 spiro atoms. The maximum absolute atomic E-state index is 11.6. The molecule has 2 rings (SSSR count). The minimum Gasteiger partial charge on any atom is -0.365 e. The number of nitrogens with zero attached hydrogens (tertiary/aromatic N) is 4. The Morgan fingerprint density at radius 2 is 2.19 bits per heavy atom. The minimum absolute atomic E-state index is 0.0716. The van der Waals surface area contributed by atoms with E-state index >= 15 is 0 Å². The molecule has 0 saturated heterocycles. The second-order valence-corrected chi connectivity index (χ2v) is 7.29. The molecule has 0 bridgehead atoms. The van der Waals surface area contributed by atoms with Crippen LogP contribution in [-0.2, 0) is 9.84 Å². The van der Waals surface area contributed by atoms with Crippen molar-refractivity contribution in [3.05, 3.63) is 35.0 Å². The van der Waals surface area contributed by atoms with Gasteiger partial charge in [-0.05, 0) is 18.2 Å². The number of anilines is 2. The van der Waals surface area contributed by atoms with Crippen LogP contribution in [0.5, 0.6) is 0 Å². The van der Waals surface area contributed by atoms with E-state index in [1.165, 1.54) is 12.1 Å². The SMILES string of the molecule is CS(=O)(=O)c1ncc(C(N)=O)c(Nc2ccc(Cl)c(N=NCC=N)c2)n1. The molecule has 26 heavy (non-hydrogen) atoms. The zero-order valence-corrected chi connectivity index (χ0v) is 15.0. The fourth-order valence-corrected chi connectivity index (χ4v) is 2.44. The van der Waals surface area contributed by atoms with Crippen LogP contribution >= 0.6 is 11.6 Å². The second kappa shape index (κ2) is 7.97. The number of carbonyl (C=O) groups is 1. The van der Waals surface area contributed by atoms with E-state index in [0.717, 1.165) is 18.7 Å². The van der Waals surface area contributed by atoms with E-state index < -0.39 is 20.9 Å². The van der Waals surface area contributed by atoms with Crippen molar-refractivity contribution >= 4 is 50.8 Å². The molecule has 1 heterocycles. The van der Waals surface area contributed by atoms with Crippen molar-refractivity contribution in [2.75, 3.05) is 18.1 Å². The first-order valence-corrected chi connectivity index (χ1v) is 9.29. The van der Waals surface area contributed by atoms with Crippen LogP contribution in [0.3, 0.4) is 0 Å². The number of hydrogen-bond acceptors (Lipinski definition) is 9. The summed E-state index contributed by atoms with van der Waals surface area (Å²) >= 11 is 6.03. The van der Waals surface area contributed by atoms with Crippen LogP contribution in [0.4, 0.5) is 17.2 Å². The van der Waals surface area contributed by atoms with Crippen molar-refractivity contribution in [1.29, 1.82) is 5.41 Å². The van der Waals surface area contributed by atoms with Gasteiger partial charge in [0.1, 0.15) is 17.1 Å². The molecule has 2 aromatic rings. The maximum Gasteiger partial charge on any atom is 0.254 e. The fraction of sp³-hybridized carbons (Fsp3) is 0.143. The molecule has 10 nitrogen and oxygen atoms in total. The van der Waals surface area contributed by atoms with Gasteiger partial charge in [0.15, 0.2) is 0 Å². The Morgan fingerprint density at radius 1 is 1.46 bits per heavy atom. The summed E-state index contributed by atoms with van der Waals surface area (Å²) in [4.78, 5) is 19.0. The number of aromatic nitrogens is 2. The third kappa shape index (κ3) is 4.80. The van der Waals surface area contributed by atoms with E-state index in [1.807, 2.05) is 0 Å². The molecular weight excluding hydrogens is 382 g/mol. The van der Waals surface area contributed by atoms with Gasteiger partial charge in [0.25, 0.3) is 5.91 Å². The summed E-state index contributed by atoms with van der Waals surface area (Å²) in [5, 5.41) is 17.2. The van der Waals surface area contributed by atoms with Crippen molar-refractivity contribution in [1.82, 2.24) is 9.97 Å². The molecule has 4 N–H and O–H groups in total. The molecule has 0 aliphatic heterocycles. The summed E-state index contributed by atoms with van der Waals surface area (Å²) in [6.07, 6.45) is 3.06. The summed E-state index contributed by atoms with van der Waals surface area (Å²) in [6, 6.07) is 4.62. The molecule has 0 atom stereocenters. The number of carbonyl (C=O) groups excluding carboxylic acids is 1. The van der Waals surface area contributed by atoms with Gasteiger partial charge in [-0.15, -0.1) is 0 Å². The highest BCUT2D eigenvalue weighted by atomic mass is 35.5. The van der Waals surface area contributed by atoms with Crippen molar-refractivity contribution in [2.24, 2.45) is 16.0 Å². The number of sulfone groups is 1. The first-order chi connectivity index (χ1) is 12.2. The Bertz CT molecular complexity index is 992. The Labute approximate surface area is 153 Å².